The van der Waals surface area contributed by atoms with Crippen molar-refractivity contribution in [1.29, 1.82) is 0 Å². The summed E-state index contributed by atoms with van der Waals surface area (Å²) in [5, 5.41) is 1.79. The molecule has 0 amide bonds. The van der Waals surface area contributed by atoms with Gasteiger partial charge in [-0.15, -0.1) is 0 Å². The number of ether oxygens (including phenoxy) is 1. The van der Waals surface area contributed by atoms with Crippen LogP contribution >= 0.6 is 11.6 Å². The van der Waals surface area contributed by atoms with Crippen molar-refractivity contribution in [3.05, 3.63) is 75.5 Å². The van der Waals surface area contributed by atoms with E-state index in [0.717, 1.165) is 67.0 Å². The lowest BCUT2D eigenvalue weighted by Gasteiger charge is -2.32. The van der Waals surface area contributed by atoms with E-state index in [1.54, 1.807) is 6.07 Å². The number of aromatic amines is 1. The SMILES string of the molecule is O=c1ccc2cc(OC3CCN(CCCc4ccc(Cl)cc4)CC3)ccc2[nH]1. The fraction of sp³-hybridized carbons (Fsp3) is 0.348. The lowest BCUT2D eigenvalue weighted by Crippen LogP contribution is -2.38. The minimum atomic E-state index is -0.0791. The number of pyridine rings is 1. The number of H-pyrrole nitrogens is 1. The van der Waals surface area contributed by atoms with E-state index < -0.39 is 0 Å². The maximum absolute atomic E-state index is 11.4. The normalized spacial score (nSPS) is 15.8. The Labute approximate surface area is 170 Å². The number of hydrogen-bond acceptors (Lipinski definition) is 3. The quantitative estimate of drug-likeness (QED) is 0.659. The summed E-state index contributed by atoms with van der Waals surface area (Å²) in [5.74, 6) is 0.876. The highest BCUT2D eigenvalue weighted by Gasteiger charge is 2.20. The van der Waals surface area contributed by atoms with Crippen LogP contribution in [0.3, 0.4) is 0 Å². The molecule has 1 N–H and O–H groups in total. The second-order valence-electron chi connectivity index (χ2n) is 7.46. The number of likely N-dealkylation sites (tertiary alicyclic amines) is 1. The van der Waals surface area contributed by atoms with Gasteiger partial charge in [0.2, 0.25) is 5.56 Å². The maximum atomic E-state index is 11.4. The minimum absolute atomic E-state index is 0.0791. The van der Waals surface area contributed by atoms with Crippen molar-refractivity contribution >= 4 is 22.5 Å². The number of nitrogens with zero attached hydrogens (tertiary/aromatic N) is 1. The van der Waals surface area contributed by atoms with Crippen LogP contribution in [0.5, 0.6) is 5.75 Å². The topological polar surface area (TPSA) is 45.3 Å². The van der Waals surface area contributed by atoms with Crippen LogP contribution in [0.15, 0.2) is 59.4 Å². The van der Waals surface area contributed by atoms with Crippen LogP contribution in [0, 0.1) is 0 Å². The number of aryl methyl sites for hydroxylation is 1. The fourth-order valence-corrected chi connectivity index (χ4v) is 3.93. The molecule has 3 aromatic rings. The van der Waals surface area contributed by atoms with E-state index in [9.17, 15) is 4.79 Å². The van der Waals surface area contributed by atoms with Crippen molar-refractivity contribution in [3.63, 3.8) is 0 Å². The summed E-state index contributed by atoms with van der Waals surface area (Å²) >= 11 is 5.94. The lowest BCUT2D eigenvalue weighted by atomic mass is 10.1. The summed E-state index contributed by atoms with van der Waals surface area (Å²) in [6.45, 7) is 3.27. The number of hydrogen-bond donors (Lipinski definition) is 1. The molecule has 0 saturated carbocycles. The van der Waals surface area contributed by atoms with Gasteiger partial charge in [0.25, 0.3) is 0 Å². The van der Waals surface area contributed by atoms with Gasteiger partial charge >= 0.3 is 0 Å². The molecule has 4 nitrogen and oxygen atoms in total. The molecule has 1 fully saturated rings. The first-order valence-electron chi connectivity index (χ1n) is 9.92. The van der Waals surface area contributed by atoms with Gasteiger partial charge in [0, 0.05) is 35.1 Å². The Morgan fingerprint density at radius 3 is 2.61 bits per heavy atom. The molecule has 0 spiro atoms. The molecule has 5 heteroatoms. The van der Waals surface area contributed by atoms with Crippen LogP contribution < -0.4 is 10.3 Å². The summed E-state index contributed by atoms with van der Waals surface area (Å²) in [4.78, 5) is 16.8. The van der Waals surface area contributed by atoms with Crippen molar-refractivity contribution in [2.45, 2.75) is 31.8 Å². The van der Waals surface area contributed by atoms with E-state index in [2.05, 4.69) is 22.0 Å². The highest BCUT2D eigenvalue weighted by molar-refractivity contribution is 6.30. The molecule has 0 unspecified atom stereocenters. The van der Waals surface area contributed by atoms with Gasteiger partial charge in [-0.2, -0.15) is 0 Å². The van der Waals surface area contributed by atoms with Crippen molar-refractivity contribution in [2.24, 2.45) is 0 Å². The highest BCUT2D eigenvalue weighted by atomic mass is 35.5. The average molecular weight is 397 g/mol. The molecule has 2 aromatic carbocycles. The largest absolute Gasteiger partial charge is 0.490 e. The smallest absolute Gasteiger partial charge is 0.248 e. The summed E-state index contributed by atoms with van der Waals surface area (Å²) in [5.41, 5.74) is 2.11. The van der Waals surface area contributed by atoms with Crippen LogP contribution in [0.2, 0.25) is 5.02 Å². The Hall–Kier alpha value is -2.30. The Bertz CT molecular complexity index is 976. The predicted octanol–water partition coefficient (Wildman–Crippen LogP) is 4.66. The van der Waals surface area contributed by atoms with Crippen LogP contribution in [-0.4, -0.2) is 35.6 Å². The molecule has 0 aliphatic carbocycles. The molecule has 28 heavy (non-hydrogen) atoms. The number of nitrogens with one attached hydrogen (secondary N) is 1. The number of rotatable bonds is 6. The Morgan fingerprint density at radius 2 is 1.82 bits per heavy atom. The number of benzene rings is 2. The van der Waals surface area contributed by atoms with E-state index in [-0.39, 0.29) is 11.7 Å². The van der Waals surface area contributed by atoms with Crippen LogP contribution in [0.25, 0.3) is 10.9 Å². The number of fused-ring (bicyclic) bond motifs is 1. The Morgan fingerprint density at radius 1 is 1.04 bits per heavy atom. The minimum Gasteiger partial charge on any atom is -0.490 e. The first-order valence-corrected chi connectivity index (χ1v) is 10.3. The summed E-state index contributed by atoms with van der Waals surface area (Å²) in [6.07, 6.45) is 4.60. The number of piperidine rings is 1. The third kappa shape index (κ3) is 4.94. The third-order valence-corrected chi connectivity index (χ3v) is 5.64. The first kappa shape index (κ1) is 19.0. The molecular formula is C23H25ClN2O2. The summed E-state index contributed by atoms with van der Waals surface area (Å²) in [7, 11) is 0. The zero-order valence-corrected chi connectivity index (χ0v) is 16.6. The fourth-order valence-electron chi connectivity index (χ4n) is 3.81. The number of halogens is 1. The average Bonchev–Trinajstić information content (AvgIpc) is 2.71. The van der Waals surface area contributed by atoms with Crippen LogP contribution in [0.4, 0.5) is 0 Å². The van der Waals surface area contributed by atoms with Crippen molar-refractivity contribution in [1.82, 2.24) is 9.88 Å². The van der Waals surface area contributed by atoms with E-state index in [4.69, 9.17) is 16.3 Å². The van der Waals surface area contributed by atoms with E-state index in [1.807, 2.05) is 36.4 Å². The molecule has 2 heterocycles. The van der Waals surface area contributed by atoms with E-state index in [0.29, 0.717) is 0 Å². The van der Waals surface area contributed by atoms with Crippen molar-refractivity contribution in [3.8, 4) is 5.75 Å². The highest BCUT2D eigenvalue weighted by Crippen LogP contribution is 2.23. The molecule has 1 aliphatic rings. The summed E-state index contributed by atoms with van der Waals surface area (Å²) < 4.78 is 6.20. The zero-order chi connectivity index (χ0) is 19.3. The monoisotopic (exact) mass is 396 g/mol. The molecule has 1 saturated heterocycles. The molecule has 146 valence electrons. The molecule has 0 radical (unpaired) electrons. The van der Waals surface area contributed by atoms with Gasteiger partial charge < -0.3 is 14.6 Å². The molecule has 0 bridgehead atoms. The Balaban J connectivity index is 1.23. The molecule has 1 aromatic heterocycles. The number of aromatic nitrogens is 1. The van der Waals surface area contributed by atoms with E-state index >= 15 is 0 Å². The van der Waals surface area contributed by atoms with Gasteiger partial charge in [-0.05, 0) is 74.2 Å². The maximum Gasteiger partial charge on any atom is 0.248 e. The van der Waals surface area contributed by atoms with Gasteiger partial charge in [-0.25, -0.2) is 0 Å². The second kappa shape index (κ2) is 8.80. The molecule has 0 atom stereocenters. The van der Waals surface area contributed by atoms with Crippen molar-refractivity contribution < 1.29 is 4.74 Å². The lowest BCUT2D eigenvalue weighted by molar-refractivity contribution is 0.100. The van der Waals surface area contributed by atoms with E-state index in [1.165, 1.54) is 5.56 Å². The predicted molar refractivity (Wildman–Crippen MR) is 114 cm³/mol. The molecule has 4 rings (SSSR count). The van der Waals surface area contributed by atoms with Crippen LogP contribution in [0.1, 0.15) is 24.8 Å². The third-order valence-electron chi connectivity index (χ3n) is 5.39. The second-order valence-corrected chi connectivity index (χ2v) is 7.90. The molecule has 1 aliphatic heterocycles. The van der Waals surface area contributed by atoms with Crippen LogP contribution in [-0.2, 0) is 6.42 Å². The van der Waals surface area contributed by atoms with Gasteiger partial charge in [-0.1, -0.05) is 23.7 Å². The zero-order valence-electron chi connectivity index (χ0n) is 15.9. The van der Waals surface area contributed by atoms with Gasteiger partial charge in [-0.3, -0.25) is 4.79 Å². The van der Waals surface area contributed by atoms with Gasteiger partial charge in [0.05, 0.1) is 0 Å². The first-order chi connectivity index (χ1) is 13.7. The molecular weight excluding hydrogens is 372 g/mol. The Kier molecular flexibility index (Phi) is 5.98. The van der Waals surface area contributed by atoms with Gasteiger partial charge in [0.15, 0.2) is 0 Å². The van der Waals surface area contributed by atoms with Gasteiger partial charge in [0.1, 0.15) is 11.9 Å². The van der Waals surface area contributed by atoms with Crippen molar-refractivity contribution in [2.75, 3.05) is 19.6 Å². The standard InChI is InChI=1S/C23H25ClN2O2/c24-19-6-3-17(4-7-19)2-1-13-26-14-11-20(12-15-26)28-21-8-9-22-18(16-21)5-10-23(27)25-22/h3-10,16,20H,1-2,11-15H2,(H,25,27). The summed E-state index contributed by atoms with van der Waals surface area (Å²) in [6, 6.07) is 17.4.